The molecule has 0 radical (unpaired) electrons. The van der Waals surface area contributed by atoms with Gasteiger partial charge in [-0.25, -0.2) is 23.5 Å². The van der Waals surface area contributed by atoms with E-state index in [-0.39, 0.29) is 17.8 Å². The second kappa shape index (κ2) is 9.69. The Bertz CT molecular complexity index is 1420. The molecule has 0 saturated carbocycles. The maximum absolute atomic E-state index is 14.3. The summed E-state index contributed by atoms with van der Waals surface area (Å²) in [6.07, 6.45) is 2.83. The van der Waals surface area contributed by atoms with Crippen molar-refractivity contribution in [1.29, 1.82) is 0 Å². The number of nitrogens with zero attached hydrogens (tertiary/aromatic N) is 5. The van der Waals surface area contributed by atoms with Crippen molar-refractivity contribution in [2.75, 3.05) is 24.5 Å². The zero-order valence-electron chi connectivity index (χ0n) is 24.3. The van der Waals surface area contributed by atoms with Crippen LogP contribution in [0.25, 0.3) is 16.7 Å². The molecule has 2 aliphatic heterocycles. The monoisotopic (exact) mass is 555 g/mol. The molecule has 2 saturated heterocycles. The summed E-state index contributed by atoms with van der Waals surface area (Å²) >= 11 is 0. The SMILES string of the molecule is CC1CN(C(=O)OC(C)(C)C)CCN1c1ncnc2c1c(B1OC(C)(C)C(C)(C)O1)cn2-c1cc(F)cc(F)c1. The van der Waals surface area contributed by atoms with E-state index in [2.05, 4.69) is 14.9 Å². The van der Waals surface area contributed by atoms with Gasteiger partial charge in [0, 0.05) is 43.4 Å². The van der Waals surface area contributed by atoms with E-state index in [9.17, 15) is 13.6 Å². The van der Waals surface area contributed by atoms with Gasteiger partial charge in [-0.1, -0.05) is 0 Å². The maximum Gasteiger partial charge on any atom is 0.497 e. The Balaban J connectivity index is 1.60. The lowest BCUT2D eigenvalue weighted by Gasteiger charge is -2.41. The van der Waals surface area contributed by atoms with Crippen LogP contribution in [0.3, 0.4) is 0 Å². The summed E-state index contributed by atoms with van der Waals surface area (Å²) in [5.41, 5.74) is -0.430. The molecule has 0 spiro atoms. The van der Waals surface area contributed by atoms with Crippen molar-refractivity contribution in [1.82, 2.24) is 19.4 Å². The number of ether oxygens (including phenoxy) is 1. The fourth-order valence-electron chi connectivity index (χ4n) is 5.08. The van der Waals surface area contributed by atoms with Crippen molar-refractivity contribution in [2.24, 2.45) is 0 Å². The summed E-state index contributed by atoms with van der Waals surface area (Å²) in [4.78, 5) is 25.7. The van der Waals surface area contributed by atoms with E-state index in [1.165, 1.54) is 18.5 Å². The first-order valence-corrected chi connectivity index (χ1v) is 13.5. The lowest BCUT2D eigenvalue weighted by atomic mass is 9.79. The molecule has 3 aromatic rings. The predicted molar refractivity (Wildman–Crippen MR) is 149 cm³/mol. The van der Waals surface area contributed by atoms with Crippen LogP contribution in [0, 0.1) is 11.6 Å². The highest BCUT2D eigenvalue weighted by atomic mass is 19.1. The Kier molecular flexibility index (Phi) is 6.85. The third-order valence-electron chi connectivity index (χ3n) is 7.78. The number of amides is 1. The van der Waals surface area contributed by atoms with Crippen LogP contribution < -0.4 is 10.4 Å². The molecule has 0 N–H and O–H groups in total. The van der Waals surface area contributed by atoms with Crippen LogP contribution in [0.2, 0.25) is 0 Å². The van der Waals surface area contributed by atoms with Gasteiger partial charge in [0.15, 0.2) is 0 Å². The number of fused-ring (bicyclic) bond motifs is 1. The number of anilines is 1. The fourth-order valence-corrected chi connectivity index (χ4v) is 5.08. The van der Waals surface area contributed by atoms with Gasteiger partial charge in [-0.15, -0.1) is 0 Å². The van der Waals surface area contributed by atoms with Gasteiger partial charge in [-0.05, 0) is 67.5 Å². The van der Waals surface area contributed by atoms with Crippen molar-refractivity contribution < 1.29 is 27.6 Å². The van der Waals surface area contributed by atoms with Crippen LogP contribution in [-0.4, -0.2) is 75.1 Å². The van der Waals surface area contributed by atoms with Crippen molar-refractivity contribution in [3.63, 3.8) is 0 Å². The molecule has 4 heterocycles. The number of aromatic nitrogens is 3. The molecule has 0 bridgehead atoms. The Hall–Kier alpha value is -3.25. The van der Waals surface area contributed by atoms with Crippen molar-refractivity contribution in [2.45, 2.75) is 78.2 Å². The minimum atomic E-state index is -0.768. The molecule has 2 aromatic heterocycles. The van der Waals surface area contributed by atoms with Gasteiger partial charge in [0.05, 0.1) is 22.3 Å². The summed E-state index contributed by atoms with van der Waals surface area (Å²) in [5.74, 6) is -0.771. The molecule has 1 aromatic carbocycles. The standard InChI is InChI=1S/C28H36BF2N5O4/c1-17-14-34(25(37)38-26(2,3)4)9-10-35(17)23-22-21(29-39-27(5,6)28(7,8)40-29)15-36(24(22)33-16-32-23)20-12-18(30)11-19(31)13-20/h11-13,15-17H,9-10,14H2,1-8H3. The number of halogens is 2. The van der Waals surface area contributed by atoms with Gasteiger partial charge in [0.25, 0.3) is 0 Å². The van der Waals surface area contributed by atoms with Crippen LogP contribution in [0.4, 0.5) is 19.4 Å². The second-order valence-electron chi connectivity index (χ2n) is 12.5. The molecular weight excluding hydrogens is 519 g/mol. The van der Waals surface area contributed by atoms with Crippen LogP contribution in [0.5, 0.6) is 0 Å². The van der Waals surface area contributed by atoms with E-state index in [1.54, 1.807) is 15.7 Å². The summed E-state index contributed by atoms with van der Waals surface area (Å²) < 4.78 is 48.5. The Morgan fingerprint density at radius 3 is 2.25 bits per heavy atom. The summed E-state index contributed by atoms with van der Waals surface area (Å²) in [6, 6.07) is 3.22. The summed E-state index contributed by atoms with van der Waals surface area (Å²) in [6.45, 7) is 16.7. The lowest BCUT2D eigenvalue weighted by molar-refractivity contribution is 0.00578. The first kappa shape index (κ1) is 28.3. The average Bonchev–Trinajstić information content (AvgIpc) is 3.31. The summed E-state index contributed by atoms with van der Waals surface area (Å²) in [5, 5.41) is 0.656. The normalized spacial score (nSPS) is 20.9. The molecule has 2 aliphatic rings. The lowest BCUT2D eigenvalue weighted by Crippen LogP contribution is -2.55. The topological polar surface area (TPSA) is 82.0 Å². The number of hydrogen-bond donors (Lipinski definition) is 0. The highest BCUT2D eigenvalue weighted by Gasteiger charge is 2.53. The van der Waals surface area contributed by atoms with Crippen LogP contribution in [-0.2, 0) is 14.0 Å². The number of piperazine rings is 1. The van der Waals surface area contributed by atoms with Gasteiger partial charge in [-0.2, -0.15) is 0 Å². The van der Waals surface area contributed by atoms with Gasteiger partial charge < -0.3 is 28.4 Å². The van der Waals surface area contributed by atoms with Gasteiger partial charge in [-0.3, -0.25) is 0 Å². The minimum absolute atomic E-state index is 0.111. The van der Waals surface area contributed by atoms with Crippen molar-refractivity contribution >= 4 is 35.5 Å². The van der Waals surface area contributed by atoms with E-state index in [0.29, 0.717) is 41.9 Å². The van der Waals surface area contributed by atoms with Crippen LogP contribution >= 0.6 is 0 Å². The number of benzene rings is 1. The molecular formula is C28H36BF2N5O4. The summed E-state index contributed by atoms with van der Waals surface area (Å²) in [7, 11) is -0.768. The van der Waals surface area contributed by atoms with Crippen molar-refractivity contribution in [3.8, 4) is 5.69 Å². The largest absolute Gasteiger partial charge is 0.497 e. The third-order valence-corrected chi connectivity index (χ3v) is 7.78. The molecule has 1 amide bonds. The van der Waals surface area contributed by atoms with Gasteiger partial charge >= 0.3 is 13.2 Å². The van der Waals surface area contributed by atoms with E-state index >= 15 is 0 Å². The van der Waals surface area contributed by atoms with Gasteiger partial charge in [0.1, 0.15) is 35.0 Å². The second-order valence-corrected chi connectivity index (χ2v) is 12.5. The number of hydrogen-bond acceptors (Lipinski definition) is 7. The highest BCUT2D eigenvalue weighted by Crippen LogP contribution is 2.38. The van der Waals surface area contributed by atoms with E-state index in [0.717, 1.165) is 6.07 Å². The zero-order chi connectivity index (χ0) is 29.2. The average molecular weight is 555 g/mol. The molecule has 5 rings (SSSR count). The molecule has 12 heteroatoms. The quantitative estimate of drug-likeness (QED) is 0.442. The number of carbonyl (C=O) groups excluding carboxylic acids is 1. The molecule has 40 heavy (non-hydrogen) atoms. The Morgan fingerprint density at radius 2 is 1.68 bits per heavy atom. The smallest absolute Gasteiger partial charge is 0.444 e. The minimum Gasteiger partial charge on any atom is -0.444 e. The number of carbonyl (C=O) groups is 1. The van der Waals surface area contributed by atoms with E-state index in [4.69, 9.17) is 14.0 Å². The first-order chi connectivity index (χ1) is 18.6. The molecule has 9 nitrogen and oxygen atoms in total. The molecule has 0 aliphatic carbocycles. The van der Waals surface area contributed by atoms with E-state index < -0.39 is 35.6 Å². The zero-order valence-corrected chi connectivity index (χ0v) is 24.3. The van der Waals surface area contributed by atoms with Crippen LogP contribution in [0.1, 0.15) is 55.4 Å². The molecule has 214 valence electrons. The van der Waals surface area contributed by atoms with Crippen LogP contribution in [0.15, 0.2) is 30.7 Å². The fraction of sp³-hybridized carbons (Fsp3) is 0.536. The van der Waals surface area contributed by atoms with E-state index in [1.807, 2.05) is 55.4 Å². The third kappa shape index (κ3) is 5.14. The predicted octanol–water partition coefficient (Wildman–Crippen LogP) is 4.44. The van der Waals surface area contributed by atoms with Gasteiger partial charge in [0.2, 0.25) is 0 Å². The Morgan fingerprint density at radius 1 is 1.05 bits per heavy atom. The number of rotatable bonds is 3. The van der Waals surface area contributed by atoms with Crippen molar-refractivity contribution in [3.05, 3.63) is 42.4 Å². The Labute approximate surface area is 233 Å². The highest BCUT2D eigenvalue weighted by molar-refractivity contribution is 6.65. The maximum atomic E-state index is 14.3. The molecule has 1 unspecified atom stereocenters. The molecule has 2 fully saturated rings. The molecule has 1 atom stereocenters. The first-order valence-electron chi connectivity index (χ1n) is 13.5.